The molecule has 1 heterocycles. The van der Waals surface area contributed by atoms with Crippen molar-refractivity contribution in [1.29, 1.82) is 0 Å². The van der Waals surface area contributed by atoms with Crippen molar-refractivity contribution in [2.45, 2.75) is 39.5 Å². The summed E-state index contributed by atoms with van der Waals surface area (Å²) in [7, 11) is 0. The molecule has 1 atom stereocenters. The molecule has 130 valence electrons. The van der Waals surface area contributed by atoms with Crippen molar-refractivity contribution in [1.82, 2.24) is 10.3 Å². The Morgan fingerprint density at radius 3 is 2.71 bits per heavy atom. The molecule has 2 aromatic rings. The van der Waals surface area contributed by atoms with Gasteiger partial charge in [-0.3, -0.25) is 0 Å². The Kier molecular flexibility index (Phi) is 9.14. The third-order valence-corrected chi connectivity index (χ3v) is 3.47. The monoisotopic (exact) mass is 440 g/mol. The number of hydrogen-bond donors (Lipinski definition) is 2. The smallest absolute Gasteiger partial charge is 0.213 e. The quantitative estimate of drug-likeness (QED) is 0.393. The van der Waals surface area contributed by atoms with E-state index in [1.807, 2.05) is 42.5 Å². The van der Waals surface area contributed by atoms with Crippen LogP contribution in [0.5, 0.6) is 5.88 Å². The third-order valence-electron chi connectivity index (χ3n) is 3.47. The number of hydrogen-bond acceptors (Lipinski definition) is 3. The van der Waals surface area contributed by atoms with Gasteiger partial charge in [0.25, 0.3) is 0 Å². The van der Waals surface area contributed by atoms with E-state index in [4.69, 9.17) is 10.5 Å². The van der Waals surface area contributed by atoms with Crippen molar-refractivity contribution < 1.29 is 4.74 Å². The molecule has 0 aliphatic rings. The van der Waals surface area contributed by atoms with Gasteiger partial charge in [-0.1, -0.05) is 37.3 Å². The number of guanidine groups is 1. The van der Waals surface area contributed by atoms with Crippen LogP contribution in [0, 0.1) is 0 Å². The Balaban J connectivity index is 0.00000288. The van der Waals surface area contributed by atoms with E-state index in [1.165, 1.54) is 0 Å². The van der Waals surface area contributed by atoms with Gasteiger partial charge in [-0.15, -0.1) is 24.0 Å². The van der Waals surface area contributed by atoms with Gasteiger partial charge in [0.1, 0.15) is 6.61 Å². The summed E-state index contributed by atoms with van der Waals surface area (Å²) in [5.41, 5.74) is 7.98. The lowest BCUT2D eigenvalue weighted by Crippen LogP contribution is -2.38. The highest BCUT2D eigenvalue weighted by atomic mass is 127. The summed E-state index contributed by atoms with van der Waals surface area (Å²) >= 11 is 0. The Labute approximate surface area is 160 Å². The van der Waals surface area contributed by atoms with Crippen LogP contribution < -0.4 is 15.8 Å². The van der Waals surface area contributed by atoms with Crippen LogP contribution >= 0.6 is 24.0 Å². The number of nitrogens with one attached hydrogen (secondary N) is 1. The second-order valence-electron chi connectivity index (χ2n) is 5.43. The van der Waals surface area contributed by atoms with Gasteiger partial charge in [-0.2, -0.15) is 0 Å². The molecule has 0 aliphatic carbocycles. The number of halogens is 1. The van der Waals surface area contributed by atoms with Gasteiger partial charge in [-0.05, 0) is 30.5 Å². The lowest BCUT2D eigenvalue weighted by molar-refractivity contribution is 0.293. The van der Waals surface area contributed by atoms with Crippen molar-refractivity contribution in [3.05, 3.63) is 59.8 Å². The summed E-state index contributed by atoms with van der Waals surface area (Å²) in [5, 5.41) is 3.14. The van der Waals surface area contributed by atoms with Crippen LogP contribution in [0.2, 0.25) is 0 Å². The third kappa shape index (κ3) is 7.16. The molecule has 0 bridgehead atoms. The van der Waals surface area contributed by atoms with E-state index in [0.29, 0.717) is 31.0 Å². The minimum Gasteiger partial charge on any atom is -0.473 e. The fraction of sp³-hybridized carbons (Fsp3) is 0.333. The van der Waals surface area contributed by atoms with Crippen molar-refractivity contribution in [3.8, 4) is 5.88 Å². The molecule has 6 heteroatoms. The highest BCUT2D eigenvalue weighted by molar-refractivity contribution is 14.0. The maximum absolute atomic E-state index is 5.86. The topological polar surface area (TPSA) is 72.5 Å². The first kappa shape index (κ1) is 20.2. The number of nitrogens with two attached hydrogens (primary N) is 1. The normalized spacial score (nSPS) is 12.2. The molecule has 0 saturated carbocycles. The predicted molar refractivity (Wildman–Crippen MR) is 109 cm³/mol. The van der Waals surface area contributed by atoms with Crippen LogP contribution in [0.4, 0.5) is 0 Å². The molecule has 24 heavy (non-hydrogen) atoms. The fourth-order valence-corrected chi connectivity index (χ4v) is 1.94. The summed E-state index contributed by atoms with van der Waals surface area (Å²) in [4.78, 5) is 8.57. The van der Waals surface area contributed by atoms with E-state index in [2.05, 4.69) is 29.1 Å². The van der Waals surface area contributed by atoms with Crippen molar-refractivity contribution in [2.75, 3.05) is 0 Å². The minimum absolute atomic E-state index is 0. The molecule has 1 aromatic carbocycles. The van der Waals surface area contributed by atoms with E-state index in [9.17, 15) is 0 Å². The largest absolute Gasteiger partial charge is 0.473 e. The summed E-state index contributed by atoms with van der Waals surface area (Å²) in [6.07, 6.45) is 2.73. The lowest BCUT2D eigenvalue weighted by Gasteiger charge is -2.11. The Morgan fingerprint density at radius 2 is 2.00 bits per heavy atom. The van der Waals surface area contributed by atoms with Gasteiger partial charge >= 0.3 is 0 Å². The zero-order valence-electron chi connectivity index (χ0n) is 14.1. The first-order valence-corrected chi connectivity index (χ1v) is 7.85. The summed E-state index contributed by atoms with van der Waals surface area (Å²) in [6.45, 7) is 5.17. The van der Waals surface area contributed by atoms with Crippen LogP contribution in [-0.2, 0) is 13.2 Å². The zero-order valence-corrected chi connectivity index (χ0v) is 16.4. The van der Waals surface area contributed by atoms with E-state index in [0.717, 1.165) is 17.5 Å². The van der Waals surface area contributed by atoms with E-state index in [1.54, 1.807) is 6.20 Å². The van der Waals surface area contributed by atoms with Gasteiger partial charge in [0.05, 0.1) is 6.54 Å². The molecule has 5 nitrogen and oxygen atoms in total. The number of aliphatic imine (C=N–C) groups is 1. The molecule has 0 aliphatic heterocycles. The highest BCUT2D eigenvalue weighted by Crippen LogP contribution is 2.12. The van der Waals surface area contributed by atoms with Gasteiger partial charge in [0, 0.05) is 18.3 Å². The SMILES string of the molecule is CCC(C)NC(N)=NCc1ccnc(OCc2ccccc2)c1.I. The molecule has 1 unspecified atom stereocenters. The summed E-state index contributed by atoms with van der Waals surface area (Å²) in [5.74, 6) is 1.05. The molecule has 0 fully saturated rings. The Hall–Kier alpha value is -1.83. The van der Waals surface area contributed by atoms with Crippen LogP contribution in [0.3, 0.4) is 0 Å². The van der Waals surface area contributed by atoms with Crippen molar-refractivity contribution in [2.24, 2.45) is 10.7 Å². The first-order valence-electron chi connectivity index (χ1n) is 7.85. The van der Waals surface area contributed by atoms with E-state index >= 15 is 0 Å². The van der Waals surface area contributed by atoms with E-state index < -0.39 is 0 Å². The first-order chi connectivity index (χ1) is 11.2. The van der Waals surface area contributed by atoms with Crippen LogP contribution in [0.15, 0.2) is 53.7 Å². The minimum atomic E-state index is 0. The summed E-state index contributed by atoms with van der Waals surface area (Å²) in [6, 6.07) is 14.1. The Morgan fingerprint density at radius 1 is 1.25 bits per heavy atom. The van der Waals surface area contributed by atoms with Crippen molar-refractivity contribution in [3.63, 3.8) is 0 Å². The van der Waals surface area contributed by atoms with E-state index in [-0.39, 0.29) is 24.0 Å². The predicted octanol–water partition coefficient (Wildman–Crippen LogP) is 3.48. The standard InChI is InChI=1S/C18H24N4O.HI/c1-3-14(2)22-18(19)21-12-16-9-10-20-17(11-16)23-13-15-7-5-4-6-8-15;/h4-11,14H,3,12-13H2,1-2H3,(H3,19,21,22);1H. The zero-order chi connectivity index (χ0) is 16.5. The highest BCUT2D eigenvalue weighted by Gasteiger charge is 2.01. The summed E-state index contributed by atoms with van der Waals surface area (Å²) < 4.78 is 5.72. The molecule has 3 N–H and O–H groups in total. The maximum atomic E-state index is 5.86. The number of rotatable bonds is 7. The van der Waals surface area contributed by atoms with Crippen LogP contribution in [0.1, 0.15) is 31.4 Å². The number of benzene rings is 1. The lowest BCUT2D eigenvalue weighted by atomic mass is 10.2. The number of aromatic nitrogens is 1. The van der Waals surface area contributed by atoms with Gasteiger partial charge in [-0.25, -0.2) is 9.98 Å². The molecular weight excluding hydrogens is 415 g/mol. The fourth-order valence-electron chi connectivity index (χ4n) is 1.94. The average Bonchev–Trinajstić information content (AvgIpc) is 2.59. The van der Waals surface area contributed by atoms with Gasteiger partial charge in [0.15, 0.2) is 5.96 Å². The average molecular weight is 440 g/mol. The van der Waals surface area contributed by atoms with Crippen molar-refractivity contribution >= 4 is 29.9 Å². The number of pyridine rings is 1. The second kappa shape index (κ2) is 10.9. The molecule has 1 aromatic heterocycles. The number of nitrogens with zero attached hydrogens (tertiary/aromatic N) is 2. The second-order valence-corrected chi connectivity index (χ2v) is 5.43. The molecule has 2 rings (SSSR count). The molecule has 0 saturated heterocycles. The molecule has 0 amide bonds. The maximum Gasteiger partial charge on any atom is 0.213 e. The van der Waals surface area contributed by atoms with Gasteiger partial charge < -0.3 is 15.8 Å². The molecule has 0 spiro atoms. The van der Waals surface area contributed by atoms with Crippen LogP contribution in [-0.4, -0.2) is 17.0 Å². The molecule has 0 radical (unpaired) electrons. The Bertz CT molecular complexity index is 634. The molecular formula is C18H25IN4O. The number of ether oxygens (including phenoxy) is 1. The van der Waals surface area contributed by atoms with Gasteiger partial charge in [0.2, 0.25) is 5.88 Å². The van der Waals surface area contributed by atoms with Crippen LogP contribution in [0.25, 0.3) is 0 Å².